The molecule has 0 unspecified atom stereocenters. The molecular formula is C24H20F2N4OS. The summed E-state index contributed by atoms with van der Waals surface area (Å²) in [6.45, 7) is 0.512. The van der Waals surface area contributed by atoms with E-state index in [0.717, 1.165) is 35.4 Å². The molecule has 0 fully saturated rings. The maximum atomic E-state index is 14.6. The Morgan fingerprint density at radius 3 is 2.38 bits per heavy atom. The van der Waals surface area contributed by atoms with Gasteiger partial charge in [-0.15, -0.1) is 10.2 Å². The fourth-order valence-electron chi connectivity index (χ4n) is 3.19. The fraction of sp³-hybridized carbons (Fsp3) is 0.125. The van der Waals surface area contributed by atoms with Crippen LogP contribution in [0.1, 0.15) is 5.56 Å². The van der Waals surface area contributed by atoms with Crippen LogP contribution in [0.2, 0.25) is 0 Å². The van der Waals surface area contributed by atoms with Gasteiger partial charge in [-0.2, -0.15) is 0 Å². The lowest BCUT2D eigenvalue weighted by atomic mass is 10.1. The van der Waals surface area contributed by atoms with Gasteiger partial charge in [0.05, 0.1) is 11.4 Å². The molecular weight excluding hydrogens is 430 g/mol. The maximum absolute atomic E-state index is 14.6. The second-order valence-corrected chi connectivity index (χ2v) is 7.92. The molecule has 5 nitrogen and oxygen atoms in total. The van der Waals surface area contributed by atoms with E-state index in [1.54, 1.807) is 0 Å². The minimum atomic E-state index is -0.740. The molecule has 0 aliphatic heterocycles. The third kappa shape index (κ3) is 5.20. The van der Waals surface area contributed by atoms with Crippen LogP contribution in [0, 0.1) is 11.6 Å². The largest absolute Gasteiger partial charge is 0.355 e. The second-order valence-electron chi connectivity index (χ2n) is 6.98. The minimum Gasteiger partial charge on any atom is -0.355 e. The summed E-state index contributed by atoms with van der Waals surface area (Å²) in [6, 6.07) is 22.4. The van der Waals surface area contributed by atoms with Gasteiger partial charge in [-0.05, 0) is 24.1 Å². The molecule has 3 aromatic carbocycles. The van der Waals surface area contributed by atoms with Crippen molar-refractivity contribution < 1.29 is 13.6 Å². The van der Waals surface area contributed by atoms with E-state index in [2.05, 4.69) is 15.5 Å². The molecule has 0 bridgehead atoms. The van der Waals surface area contributed by atoms with Gasteiger partial charge in [0.1, 0.15) is 11.6 Å². The fourth-order valence-corrected chi connectivity index (χ4v) is 3.96. The first-order valence-corrected chi connectivity index (χ1v) is 11.0. The molecule has 1 heterocycles. The van der Waals surface area contributed by atoms with Gasteiger partial charge in [0, 0.05) is 18.2 Å². The van der Waals surface area contributed by atoms with Gasteiger partial charge in [0.15, 0.2) is 11.0 Å². The predicted molar refractivity (Wildman–Crippen MR) is 121 cm³/mol. The molecule has 0 saturated carbocycles. The molecule has 1 aromatic heterocycles. The molecule has 0 aliphatic carbocycles. The normalized spacial score (nSPS) is 10.8. The number of amides is 1. The molecule has 162 valence electrons. The zero-order chi connectivity index (χ0) is 22.3. The predicted octanol–water partition coefficient (Wildman–Crippen LogP) is 4.66. The standard InChI is InChI=1S/C24H20F2N4OS/c25-19-11-12-21(20(26)15-19)30-23(18-9-5-2-6-10-18)28-29-24(30)32-16-22(31)27-14-13-17-7-3-1-4-8-17/h1-12,15H,13-14,16H2,(H,27,31). The van der Waals surface area contributed by atoms with Crippen LogP contribution in [0.25, 0.3) is 17.1 Å². The topological polar surface area (TPSA) is 59.8 Å². The van der Waals surface area contributed by atoms with Gasteiger partial charge in [-0.3, -0.25) is 9.36 Å². The zero-order valence-corrected chi connectivity index (χ0v) is 17.9. The van der Waals surface area contributed by atoms with E-state index in [-0.39, 0.29) is 17.3 Å². The molecule has 1 amide bonds. The average molecular weight is 451 g/mol. The van der Waals surface area contributed by atoms with Crippen LogP contribution in [-0.4, -0.2) is 33.0 Å². The summed E-state index contributed by atoms with van der Waals surface area (Å²) in [5, 5.41) is 11.6. The first kappa shape index (κ1) is 21.7. The Bertz CT molecular complexity index is 1200. The second kappa shape index (κ2) is 10.2. The van der Waals surface area contributed by atoms with E-state index in [4.69, 9.17) is 0 Å². The van der Waals surface area contributed by atoms with Crippen molar-refractivity contribution in [1.82, 2.24) is 20.1 Å². The maximum Gasteiger partial charge on any atom is 0.230 e. The summed E-state index contributed by atoms with van der Waals surface area (Å²) in [5.74, 6) is -1.09. The van der Waals surface area contributed by atoms with E-state index < -0.39 is 11.6 Å². The number of benzene rings is 3. The van der Waals surface area contributed by atoms with Crippen LogP contribution >= 0.6 is 11.8 Å². The summed E-state index contributed by atoms with van der Waals surface area (Å²) in [7, 11) is 0. The van der Waals surface area contributed by atoms with Crippen LogP contribution in [-0.2, 0) is 11.2 Å². The van der Waals surface area contributed by atoms with Crippen LogP contribution in [0.3, 0.4) is 0 Å². The first-order chi connectivity index (χ1) is 15.6. The van der Waals surface area contributed by atoms with Crippen molar-refractivity contribution in [2.24, 2.45) is 0 Å². The van der Waals surface area contributed by atoms with E-state index in [0.29, 0.717) is 17.5 Å². The lowest BCUT2D eigenvalue weighted by Gasteiger charge is -2.11. The number of hydrogen-bond acceptors (Lipinski definition) is 4. The van der Waals surface area contributed by atoms with Gasteiger partial charge in [-0.1, -0.05) is 72.4 Å². The number of thioether (sulfide) groups is 1. The Kier molecular flexibility index (Phi) is 6.91. The van der Waals surface area contributed by atoms with E-state index >= 15 is 0 Å². The van der Waals surface area contributed by atoms with Crippen molar-refractivity contribution in [2.75, 3.05) is 12.3 Å². The van der Waals surface area contributed by atoms with Crippen molar-refractivity contribution in [3.05, 3.63) is 96.1 Å². The number of nitrogens with one attached hydrogen (secondary N) is 1. The molecule has 32 heavy (non-hydrogen) atoms. The van der Waals surface area contributed by atoms with Crippen LogP contribution in [0.15, 0.2) is 84.0 Å². The van der Waals surface area contributed by atoms with Crippen molar-refractivity contribution >= 4 is 17.7 Å². The van der Waals surface area contributed by atoms with Crippen LogP contribution in [0.5, 0.6) is 0 Å². The average Bonchev–Trinajstić information content (AvgIpc) is 3.23. The van der Waals surface area contributed by atoms with E-state index in [9.17, 15) is 13.6 Å². The van der Waals surface area contributed by atoms with Gasteiger partial charge in [0.2, 0.25) is 5.91 Å². The first-order valence-electron chi connectivity index (χ1n) is 10.0. The molecule has 0 saturated heterocycles. The van der Waals surface area contributed by atoms with E-state index in [1.807, 2.05) is 60.7 Å². The SMILES string of the molecule is O=C(CSc1nnc(-c2ccccc2)n1-c1ccc(F)cc1F)NCCc1ccccc1. The third-order valence-corrected chi connectivity index (χ3v) is 5.66. The third-order valence-electron chi connectivity index (χ3n) is 4.73. The highest BCUT2D eigenvalue weighted by molar-refractivity contribution is 7.99. The summed E-state index contributed by atoms with van der Waals surface area (Å²) in [4.78, 5) is 12.3. The monoisotopic (exact) mass is 450 g/mol. The molecule has 0 spiro atoms. The minimum absolute atomic E-state index is 0.0878. The molecule has 0 aliphatic rings. The van der Waals surface area contributed by atoms with Crippen molar-refractivity contribution in [3.63, 3.8) is 0 Å². The highest BCUT2D eigenvalue weighted by atomic mass is 32.2. The Balaban J connectivity index is 1.51. The Morgan fingerprint density at radius 1 is 0.938 bits per heavy atom. The molecule has 8 heteroatoms. The van der Waals surface area contributed by atoms with Crippen molar-refractivity contribution in [3.8, 4) is 17.1 Å². The smallest absolute Gasteiger partial charge is 0.230 e. The number of rotatable bonds is 8. The van der Waals surface area contributed by atoms with Gasteiger partial charge >= 0.3 is 0 Å². The summed E-state index contributed by atoms with van der Waals surface area (Å²) in [6.07, 6.45) is 0.729. The lowest BCUT2D eigenvalue weighted by Crippen LogP contribution is -2.27. The molecule has 1 N–H and O–H groups in total. The van der Waals surface area contributed by atoms with Crippen LogP contribution < -0.4 is 5.32 Å². The van der Waals surface area contributed by atoms with Gasteiger partial charge < -0.3 is 5.32 Å². The number of nitrogens with zero attached hydrogens (tertiary/aromatic N) is 3. The molecule has 0 radical (unpaired) electrons. The number of halogens is 2. The summed E-state index contributed by atoms with van der Waals surface area (Å²) >= 11 is 1.14. The lowest BCUT2D eigenvalue weighted by molar-refractivity contribution is -0.118. The molecule has 4 rings (SSSR count). The zero-order valence-electron chi connectivity index (χ0n) is 17.0. The summed E-state index contributed by atoms with van der Waals surface area (Å²) < 4.78 is 29.6. The van der Waals surface area contributed by atoms with Crippen molar-refractivity contribution in [2.45, 2.75) is 11.6 Å². The van der Waals surface area contributed by atoms with Crippen molar-refractivity contribution in [1.29, 1.82) is 0 Å². The highest BCUT2D eigenvalue weighted by Crippen LogP contribution is 2.29. The molecule has 0 atom stereocenters. The Hall–Kier alpha value is -3.52. The number of carbonyl (C=O) groups is 1. The Labute approximate surface area is 188 Å². The van der Waals surface area contributed by atoms with Crippen LogP contribution in [0.4, 0.5) is 8.78 Å². The van der Waals surface area contributed by atoms with Gasteiger partial charge in [-0.25, -0.2) is 8.78 Å². The Morgan fingerprint density at radius 2 is 1.66 bits per heavy atom. The quantitative estimate of drug-likeness (QED) is 0.397. The number of carbonyl (C=O) groups excluding carboxylic acids is 1. The number of aromatic nitrogens is 3. The number of hydrogen-bond donors (Lipinski definition) is 1. The molecule has 4 aromatic rings. The van der Waals surface area contributed by atoms with E-state index in [1.165, 1.54) is 16.7 Å². The summed E-state index contributed by atoms with van der Waals surface area (Å²) in [5.41, 5.74) is 1.98. The van der Waals surface area contributed by atoms with Gasteiger partial charge in [0.25, 0.3) is 0 Å². The highest BCUT2D eigenvalue weighted by Gasteiger charge is 2.20.